The number of allylic oxidation sites excluding steroid dienone is 2. The predicted molar refractivity (Wildman–Crippen MR) is 231 cm³/mol. The van der Waals surface area contributed by atoms with Gasteiger partial charge in [-0.1, -0.05) is 176 Å². The van der Waals surface area contributed by atoms with E-state index >= 15 is 0 Å². The third kappa shape index (κ3) is 7.00. The van der Waals surface area contributed by atoms with Gasteiger partial charge in [0.25, 0.3) is 0 Å². The molecule has 0 N–H and O–H groups in total. The van der Waals surface area contributed by atoms with Crippen LogP contribution in [-0.2, 0) is 0 Å². The SMILES string of the molecule is C=C/C(=C\c1oc2ccc(-c3nc(-c4ccccc4)nc(-c4ccc(-c5ccccc5)cc4)n3)cc2c1C)c1ccc(-c2ccc(-c3ccccc3)cc2)cc1. The summed E-state index contributed by atoms with van der Waals surface area (Å²) in [6.07, 6.45) is 3.95. The molecule has 0 aliphatic carbocycles. The molecule has 0 aliphatic rings. The minimum atomic E-state index is 0.599. The van der Waals surface area contributed by atoms with Gasteiger partial charge in [-0.25, -0.2) is 15.0 Å². The normalized spacial score (nSPS) is 11.5. The summed E-state index contributed by atoms with van der Waals surface area (Å²) in [5, 5.41) is 1.00. The van der Waals surface area contributed by atoms with E-state index in [4.69, 9.17) is 19.4 Å². The van der Waals surface area contributed by atoms with Crippen molar-refractivity contribution >= 4 is 22.6 Å². The molecular formula is C52H37N3O. The van der Waals surface area contributed by atoms with E-state index < -0.39 is 0 Å². The van der Waals surface area contributed by atoms with Crippen LogP contribution in [-0.4, -0.2) is 15.0 Å². The molecule has 0 aliphatic heterocycles. The molecule has 7 aromatic carbocycles. The zero-order chi connectivity index (χ0) is 37.8. The number of hydrogen-bond donors (Lipinski definition) is 0. The van der Waals surface area contributed by atoms with Gasteiger partial charge >= 0.3 is 0 Å². The van der Waals surface area contributed by atoms with E-state index in [-0.39, 0.29) is 0 Å². The Morgan fingerprint density at radius 3 is 1.30 bits per heavy atom. The first-order valence-electron chi connectivity index (χ1n) is 18.7. The zero-order valence-corrected chi connectivity index (χ0v) is 30.9. The molecule has 0 saturated carbocycles. The van der Waals surface area contributed by atoms with Crippen molar-refractivity contribution < 1.29 is 4.42 Å². The monoisotopic (exact) mass is 719 g/mol. The number of benzene rings is 7. The molecule has 0 bridgehead atoms. The van der Waals surface area contributed by atoms with Gasteiger partial charge in [-0.3, -0.25) is 0 Å². The van der Waals surface area contributed by atoms with E-state index in [2.05, 4.69) is 147 Å². The van der Waals surface area contributed by atoms with Gasteiger partial charge < -0.3 is 4.42 Å². The lowest BCUT2D eigenvalue weighted by Gasteiger charge is -2.09. The van der Waals surface area contributed by atoms with Crippen molar-refractivity contribution in [3.8, 4) is 67.5 Å². The van der Waals surface area contributed by atoms with Crippen molar-refractivity contribution in [2.24, 2.45) is 0 Å². The fourth-order valence-corrected chi connectivity index (χ4v) is 7.05. The number of aryl methyl sites for hydroxylation is 1. The maximum Gasteiger partial charge on any atom is 0.164 e. The number of nitrogens with zero attached hydrogens (tertiary/aromatic N) is 3. The molecule has 9 aromatic rings. The Hall–Kier alpha value is -7.43. The highest BCUT2D eigenvalue weighted by Crippen LogP contribution is 2.34. The number of furan rings is 1. The summed E-state index contributed by atoms with van der Waals surface area (Å²) in [6, 6.07) is 62.7. The average Bonchev–Trinajstić information content (AvgIpc) is 3.60. The second-order valence-electron chi connectivity index (χ2n) is 13.7. The number of fused-ring (bicyclic) bond motifs is 1. The summed E-state index contributed by atoms with van der Waals surface area (Å²) < 4.78 is 6.44. The lowest BCUT2D eigenvalue weighted by molar-refractivity contribution is 0.601. The minimum absolute atomic E-state index is 0.599. The number of hydrogen-bond acceptors (Lipinski definition) is 4. The van der Waals surface area contributed by atoms with Gasteiger partial charge in [0, 0.05) is 27.6 Å². The summed E-state index contributed by atoms with van der Waals surface area (Å²) in [6.45, 7) is 6.23. The molecule has 0 amide bonds. The van der Waals surface area contributed by atoms with Gasteiger partial charge in [0.05, 0.1) is 0 Å². The van der Waals surface area contributed by atoms with Crippen molar-refractivity contribution in [1.82, 2.24) is 15.0 Å². The Balaban J connectivity index is 1.02. The second-order valence-corrected chi connectivity index (χ2v) is 13.7. The van der Waals surface area contributed by atoms with Gasteiger partial charge in [0.1, 0.15) is 11.3 Å². The maximum atomic E-state index is 6.44. The molecule has 2 heterocycles. The third-order valence-electron chi connectivity index (χ3n) is 10.2. The summed E-state index contributed by atoms with van der Waals surface area (Å²) in [5.41, 5.74) is 13.7. The van der Waals surface area contributed by atoms with Gasteiger partial charge in [-0.2, -0.15) is 0 Å². The van der Waals surface area contributed by atoms with Crippen LogP contribution < -0.4 is 0 Å². The molecule has 0 spiro atoms. The zero-order valence-electron chi connectivity index (χ0n) is 30.9. The van der Waals surface area contributed by atoms with Gasteiger partial charge in [0.2, 0.25) is 0 Å². The standard InChI is InChI=1S/C52H37N3O/c1-3-36(39-19-21-42(22-20-39)43-25-23-40(24-26-43)37-13-7-4-8-14-37)34-49-35(2)47-33-46(31-32-48(47)56-49)52-54-50(44-17-11-6-12-18-44)53-51(55-52)45-29-27-41(28-30-45)38-15-9-5-10-16-38/h3-34H,1H2,2H3/b36-34+. The third-order valence-corrected chi connectivity index (χ3v) is 10.2. The molecule has 4 heteroatoms. The van der Waals surface area contributed by atoms with Crippen LogP contribution in [0.4, 0.5) is 0 Å². The molecule has 0 atom stereocenters. The second kappa shape index (κ2) is 15.1. The molecule has 0 saturated heterocycles. The number of rotatable bonds is 9. The Labute approximate surface area is 326 Å². The topological polar surface area (TPSA) is 51.8 Å². The molecule has 4 nitrogen and oxygen atoms in total. The summed E-state index contributed by atoms with van der Waals surface area (Å²) in [5.74, 6) is 2.62. The van der Waals surface area contributed by atoms with Crippen LogP contribution in [0.5, 0.6) is 0 Å². The largest absolute Gasteiger partial charge is 0.456 e. The summed E-state index contributed by atoms with van der Waals surface area (Å²) >= 11 is 0. The summed E-state index contributed by atoms with van der Waals surface area (Å²) in [7, 11) is 0. The highest BCUT2D eigenvalue weighted by molar-refractivity contribution is 5.93. The van der Waals surface area contributed by atoms with Gasteiger partial charge in [-0.15, -0.1) is 0 Å². The van der Waals surface area contributed by atoms with Crippen LogP contribution in [0.25, 0.3) is 90.2 Å². The van der Waals surface area contributed by atoms with Crippen LogP contribution in [0.1, 0.15) is 16.9 Å². The van der Waals surface area contributed by atoms with Crippen molar-refractivity contribution in [2.75, 3.05) is 0 Å². The van der Waals surface area contributed by atoms with Gasteiger partial charge in [0.15, 0.2) is 17.5 Å². The van der Waals surface area contributed by atoms with Crippen LogP contribution in [0.3, 0.4) is 0 Å². The Morgan fingerprint density at radius 2 is 0.821 bits per heavy atom. The fraction of sp³-hybridized carbons (Fsp3) is 0.0192. The van der Waals surface area contributed by atoms with Crippen LogP contribution in [0.15, 0.2) is 199 Å². The minimum Gasteiger partial charge on any atom is -0.456 e. The van der Waals surface area contributed by atoms with Crippen molar-refractivity contribution in [2.45, 2.75) is 6.92 Å². The van der Waals surface area contributed by atoms with Crippen LogP contribution in [0, 0.1) is 6.92 Å². The van der Waals surface area contributed by atoms with E-state index in [0.29, 0.717) is 17.5 Å². The quantitative estimate of drug-likeness (QED) is 0.139. The Bertz CT molecular complexity index is 2820. The molecule has 0 unspecified atom stereocenters. The molecule has 56 heavy (non-hydrogen) atoms. The number of aromatic nitrogens is 3. The van der Waals surface area contributed by atoms with Crippen molar-refractivity contribution in [3.05, 3.63) is 212 Å². The first kappa shape index (κ1) is 34.3. The predicted octanol–water partition coefficient (Wildman–Crippen LogP) is 13.7. The average molecular weight is 720 g/mol. The van der Waals surface area contributed by atoms with Crippen LogP contribution >= 0.6 is 0 Å². The fourth-order valence-electron chi connectivity index (χ4n) is 7.05. The molecule has 266 valence electrons. The maximum absolute atomic E-state index is 6.44. The van der Waals surface area contributed by atoms with E-state index in [9.17, 15) is 0 Å². The Morgan fingerprint density at radius 1 is 0.446 bits per heavy atom. The molecule has 0 fully saturated rings. The van der Waals surface area contributed by atoms with Crippen molar-refractivity contribution in [1.29, 1.82) is 0 Å². The molecular weight excluding hydrogens is 683 g/mol. The molecule has 9 rings (SSSR count). The van der Waals surface area contributed by atoms with E-state index in [0.717, 1.165) is 66.8 Å². The lowest BCUT2D eigenvalue weighted by atomic mass is 9.97. The smallest absolute Gasteiger partial charge is 0.164 e. The van der Waals surface area contributed by atoms with Crippen molar-refractivity contribution in [3.63, 3.8) is 0 Å². The van der Waals surface area contributed by atoms with Gasteiger partial charge in [-0.05, 0) is 75.7 Å². The first-order chi connectivity index (χ1) is 27.6. The highest BCUT2D eigenvalue weighted by atomic mass is 16.3. The lowest BCUT2D eigenvalue weighted by Crippen LogP contribution is -2.00. The molecule has 0 radical (unpaired) electrons. The van der Waals surface area contributed by atoms with E-state index in [1.165, 1.54) is 16.7 Å². The first-order valence-corrected chi connectivity index (χ1v) is 18.7. The van der Waals surface area contributed by atoms with Crippen LogP contribution in [0.2, 0.25) is 0 Å². The summed E-state index contributed by atoms with van der Waals surface area (Å²) in [4.78, 5) is 14.9. The van der Waals surface area contributed by atoms with E-state index in [1.54, 1.807) is 0 Å². The van der Waals surface area contributed by atoms with E-state index in [1.807, 2.05) is 60.7 Å². The molecule has 2 aromatic heterocycles. The Kier molecular flexibility index (Phi) is 9.28. The highest BCUT2D eigenvalue weighted by Gasteiger charge is 2.16.